The first-order chi connectivity index (χ1) is 59.4. The van der Waals surface area contributed by atoms with Crippen molar-refractivity contribution in [1.29, 1.82) is 0 Å². The molecule has 3 unspecified atom stereocenters. The number of benzene rings is 8. The van der Waals surface area contributed by atoms with Crippen LogP contribution in [0.25, 0.3) is 31.3 Å². The Morgan fingerprint density at radius 1 is 0.352 bits per heavy atom. The van der Waals surface area contributed by atoms with E-state index >= 15 is 0 Å². The number of carbonyl (C=O) groups excluding carboxylic acids is 4. The smallest absolute Gasteiger partial charge is 0.303 e. The number of aliphatic hydroxyl groups is 3. The summed E-state index contributed by atoms with van der Waals surface area (Å²) >= 11 is 0. The van der Waals surface area contributed by atoms with Gasteiger partial charge in [-0.15, -0.1) is 0 Å². The summed E-state index contributed by atoms with van der Waals surface area (Å²) in [6.45, 7) is 7.30. The molecule has 122 heavy (non-hydrogen) atoms. The van der Waals surface area contributed by atoms with Gasteiger partial charge in [0.05, 0.1) is 72.7 Å². The van der Waals surface area contributed by atoms with Crippen molar-refractivity contribution in [3.8, 4) is 0 Å². The van der Waals surface area contributed by atoms with Crippen LogP contribution < -0.4 is 5.73 Å². The third-order valence-electron chi connectivity index (χ3n) is 19.4. The number of hydrogen-bond donors (Lipinski definition) is 4. The van der Waals surface area contributed by atoms with Crippen molar-refractivity contribution in [2.75, 3.05) is 26.4 Å². The van der Waals surface area contributed by atoms with E-state index in [4.69, 9.17) is 103 Å². The summed E-state index contributed by atoms with van der Waals surface area (Å²) in [5.74, 6) is -2.25. The summed E-state index contributed by atoms with van der Waals surface area (Å²) in [6, 6.07) is 76.1. The molecule has 5 heterocycles. The number of nitrogens with zero attached hydrogens (tertiary/aromatic N) is 9. The molecule has 34 heteroatoms. The van der Waals surface area contributed by atoms with Crippen LogP contribution in [-0.2, 0) is 146 Å². The Hall–Kier alpha value is -11.1. The Balaban J connectivity index is 0.000000171. The Morgan fingerprint density at radius 3 is 1.05 bits per heavy atom. The summed E-state index contributed by atoms with van der Waals surface area (Å²) in [5, 5.41) is 42.4. The topological polar surface area (TPSA) is 458 Å². The van der Waals surface area contributed by atoms with Crippen LogP contribution in [0, 0.1) is 0 Å². The van der Waals surface area contributed by atoms with E-state index in [1.807, 2.05) is 243 Å². The van der Waals surface area contributed by atoms with Crippen molar-refractivity contribution in [3.05, 3.63) is 318 Å². The van der Waals surface area contributed by atoms with Gasteiger partial charge in [-0.1, -0.05) is 258 Å². The van der Waals surface area contributed by atoms with Crippen LogP contribution in [-0.4, -0.2) is 188 Å². The molecule has 0 saturated carbocycles. The molecule has 5 aliphatic heterocycles. The molecule has 8 aromatic carbocycles. The predicted octanol–water partition coefficient (Wildman–Crippen LogP) is 11.7. The summed E-state index contributed by atoms with van der Waals surface area (Å²) < 4.78 is 98.0. The average molecular weight is 1680 g/mol. The number of carbonyl (C=O) groups is 4. The van der Waals surface area contributed by atoms with Gasteiger partial charge in [0, 0.05) is 48.0 Å². The molecule has 5 saturated heterocycles. The Morgan fingerprint density at radius 2 is 0.656 bits per heavy atom. The number of rotatable bonds is 32. The minimum absolute atomic E-state index is 0.0161. The fourth-order valence-electron chi connectivity index (χ4n) is 13.7. The van der Waals surface area contributed by atoms with Gasteiger partial charge in [-0.2, -0.15) is 0 Å². The zero-order chi connectivity index (χ0) is 86.4. The Kier molecular flexibility index (Phi) is 38.0. The lowest BCUT2D eigenvalue weighted by Gasteiger charge is -2.47. The standard InChI is InChI=1S/C24H27N3O7.C24H29NO7.C20H21N3O5.C20H23N3O5/c1-16(28)32-21-20(15-30-13-18-9-5-3-6-10-18)34-24(26-27-25)23(33-17(2)29)22(21)31-14-19-11-7-4-8-12-19;1-16(26)30-21-20(15-28-13-18-9-5-3-6-10-18)32-24(25)23(31-17(2)27)22(21)29-14-19-11-7-4-8-12-19;21-23-22-19-16(24)18(25-11-13-7-3-1-4-8-13)17-15(27-19)12-26-20(28-17)14-9-5-2-6-10-14;21-23-22-20-18(25)19(27-12-15-9-5-2-6-10-15)17(24)16(28-20)13-26-11-14-7-3-1-4-8-14/h3-12,20-24H,13-15H2,1-2H3;3-12,20-24H,13-15,25H2,1-2H3;1-10,15-20,24H,11-12H2;1-10,16-20,24-25H,11-13H2/t2*20-,21?,22+,23-,24-;15-,16-,17-,18-,19-,20?;16-,17-,18-,19+,20-/m1111/s1. The molecule has 0 bridgehead atoms. The number of nitrogens with two attached hydrogens (primary N) is 1. The van der Waals surface area contributed by atoms with Gasteiger partial charge < -0.3 is 102 Å². The zero-order valence-corrected chi connectivity index (χ0v) is 67.5. The van der Waals surface area contributed by atoms with Crippen molar-refractivity contribution in [2.24, 2.45) is 21.1 Å². The average Bonchev–Trinajstić information content (AvgIpc) is 0.828. The molecule has 0 radical (unpaired) electrons. The molecule has 0 aromatic heterocycles. The van der Waals surface area contributed by atoms with Gasteiger partial charge in [0.1, 0.15) is 79.5 Å². The van der Waals surface area contributed by atoms with Gasteiger partial charge in [0.25, 0.3) is 0 Å². The lowest BCUT2D eigenvalue weighted by molar-refractivity contribution is -0.334. The molecule has 5 fully saturated rings. The van der Waals surface area contributed by atoms with Crippen molar-refractivity contribution in [1.82, 2.24) is 0 Å². The molecular weight excluding hydrogens is 1580 g/mol. The van der Waals surface area contributed by atoms with Crippen LogP contribution in [0.1, 0.15) is 78.5 Å². The molecular formula is C88H100N10O24. The van der Waals surface area contributed by atoms with E-state index in [9.17, 15) is 34.5 Å². The van der Waals surface area contributed by atoms with Crippen LogP contribution in [0.15, 0.2) is 258 Å². The highest BCUT2D eigenvalue weighted by Crippen LogP contribution is 2.38. The van der Waals surface area contributed by atoms with Gasteiger partial charge in [0.2, 0.25) is 0 Å². The first kappa shape index (κ1) is 93.2. The number of esters is 4. The molecule has 5 aliphatic rings. The molecule has 34 nitrogen and oxygen atoms in total. The summed E-state index contributed by atoms with van der Waals surface area (Å²) in [5.41, 5.74) is 40.2. The maximum Gasteiger partial charge on any atom is 0.303 e. The number of fused-ring (bicyclic) bond motifs is 1. The first-order valence-corrected chi connectivity index (χ1v) is 39.4. The zero-order valence-electron chi connectivity index (χ0n) is 67.5. The lowest BCUT2D eigenvalue weighted by atomic mass is 9.97. The van der Waals surface area contributed by atoms with Gasteiger partial charge in [0.15, 0.2) is 49.4 Å². The van der Waals surface area contributed by atoms with E-state index in [-0.39, 0.29) is 52.9 Å². The van der Waals surface area contributed by atoms with Crippen LogP contribution in [0.4, 0.5) is 0 Å². The molecule has 13 rings (SSSR count). The van der Waals surface area contributed by atoms with E-state index in [0.717, 1.165) is 44.5 Å². The number of azide groups is 3. The molecule has 21 atom stereocenters. The van der Waals surface area contributed by atoms with Crippen LogP contribution in [0.3, 0.4) is 0 Å². The van der Waals surface area contributed by atoms with Crippen LogP contribution in [0.5, 0.6) is 0 Å². The lowest BCUT2D eigenvalue weighted by Crippen LogP contribution is -2.64. The van der Waals surface area contributed by atoms with Gasteiger partial charge >= 0.3 is 23.9 Å². The second kappa shape index (κ2) is 49.7. The van der Waals surface area contributed by atoms with Gasteiger partial charge in [-0.05, 0) is 55.5 Å². The normalized spacial score (nSPS) is 26.9. The van der Waals surface area contributed by atoms with Crippen LogP contribution >= 0.6 is 0 Å². The maximum absolute atomic E-state index is 11.9. The fraction of sp³-hybridized carbons (Fsp3) is 0.409. The van der Waals surface area contributed by atoms with Crippen molar-refractivity contribution >= 4 is 23.9 Å². The SMILES string of the molecule is CC(=O)OC1[C@@H](COCc2ccccc2)O[C@@H](N)[C@H](OC(C)=O)[C@H]1OCc1ccccc1.CC(=O)OC1[C@@H](COCc2ccccc2)O[C@@H](N=[N+]=[N-])[C@H](OC(C)=O)[C@H]1OCc1ccccc1.[N-]=[N+]=N[C@@H]1O[C@@H]2COC(c3ccccc3)O[C@H]2[C@H](OCc2ccccc2)[C@H]1O.[N-]=[N+]=N[C@@H]1O[C@H](COCc2ccccc2)[C@@H](O)[C@H](OCc2ccccc2)[C@H]1O. The number of hydrogen-bond acceptors (Lipinski definition) is 28. The summed E-state index contributed by atoms with van der Waals surface area (Å²) in [4.78, 5) is 55.6. The first-order valence-electron chi connectivity index (χ1n) is 39.4. The van der Waals surface area contributed by atoms with Crippen molar-refractivity contribution < 1.29 is 115 Å². The number of aliphatic hydroxyl groups excluding tert-OH is 3. The van der Waals surface area contributed by atoms with Crippen molar-refractivity contribution in [3.63, 3.8) is 0 Å². The number of ether oxygens (including phenoxy) is 17. The van der Waals surface area contributed by atoms with E-state index in [0.29, 0.717) is 19.8 Å². The summed E-state index contributed by atoms with van der Waals surface area (Å²) in [6.07, 6.45) is -19.5. The van der Waals surface area contributed by atoms with E-state index < -0.39 is 153 Å². The highest BCUT2D eigenvalue weighted by Gasteiger charge is 2.53. The summed E-state index contributed by atoms with van der Waals surface area (Å²) in [7, 11) is 0. The quantitative estimate of drug-likeness (QED) is 0.01000. The van der Waals surface area contributed by atoms with Crippen LogP contribution in [0.2, 0.25) is 0 Å². The third-order valence-corrected chi connectivity index (χ3v) is 19.4. The fourth-order valence-corrected chi connectivity index (χ4v) is 13.7. The van der Waals surface area contributed by atoms with Gasteiger partial charge in [-0.3, -0.25) is 19.2 Å². The Bertz CT molecular complexity index is 4560. The largest absolute Gasteiger partial charge is 0.457 e. The molecule has 8 aromatic rings. The highest BCUT2D eigenvalue weighted by atomic mass is 16.7. The van der Waals surface area contributed by atoms with E-state index in [1.54, 1.807) is 0 Å². The highest BCUT2D eigenvalue weighted by molar-refractivity contribution is 5.68. The molecule has 0 spiro atoms. The molecule has 0 amide bonds. The van der Waals surface area contributed by atoms with E-state index in [1.165, 1.54) is 27.7 Å². The minimum atomic E-state index is -1.29. The molecule has 5 N–H and O–H groups in total. The van der Waals surface area contributed by atoms with Crippen molar-refractivity contribution in [2.45, 2.75) is 203 Å². The maximum atomic E-state index is 11.9. The molecule has 0 aliphatic carbocycles. The minimum Gasteiger partial charge on any atom is -0.457 e. The second-order valence-electron chi connectivity index (χ2n) is 28.4. The molecule has 646 valence electrons. The Labute approximate surface area is 704 Å². The van der Waals surface area contributed by atoms with Gasteiger partial charge in [-0.25, -0.2) is 0 Å². The van der Waals surface area contributed by atoms with E-state index in [2.05, 4.69) is 30.1 Å². The monoisotopic (exact) mass is 1680 g/mol. The predicted molar refractivity (Wildman–Crippen MR) is 435 cm³/mol. The second-order valence-corrected chi connectivity index (χ2v) is 28.4. The third kappa shape index (κ3) is 29.0.